The number of hydrogen-bond donors (Lipinski definition) is 1. The quantitative estimate of drug-likeness (QED) is 0.480. The fourth-order valence-electron chi connectivity index (χ4n) is 4.90. The zero-order valence-corrected chi connectivity index (χ0v) is 17.1. The van der Waals surface area contributed by atoms with Gasteiger partial charge in [0.1, 0.15) is 0 Å². The van der Waals surface area contributed by atoms with Gasteiger partial charge in [0, 0.05) is 16.7 Å². The Balaban J connectivity index is 1.63. The van der Waals surface area contributed by atoms with Crippen LogP contribution in [-0.2, 0) is 11.3 Å². The van der Waals surface area contributed by atoms with Crippen LogP contribution in [-0.4, -0.2) is 10.9 Å². The van der Waals surface area contributed by atoms with E-state index in [1.165, 1.54) is 5.01 Å². The Morgan fingerprint density at radius 2 is 1.28 bits per heavy atom. The number of ketones is 1. The van der Waals surface area contributed by atoms with Crippen molar-refractivity contribution in [2.45, 2.75) is 11.3 Å². The lowest BCUT2D eigenvalue weighted by molar-refractivity contribution is -0.00729. The number of para-hydroxylation sites is 1. The molecule has 0 fully saturated rings. The molecule has 2 unspecified atom stereocenters. The minimum Gasteiger partial charge on any atom is -0.363 e. The second kappa shape index (κ2) is 6.70. The van der Waals surface area contributed by atoms with Crippen molar-refractivity contribution >= 4 is 11.5 Å². The molecule has 5 nitrogen and oxygen atoms in total. The van der Waals surface area contributed by atoms with E-state index in [0.717, 1.165) is 11.1 Å². The molecule has 1 heterocycles. The number of rotatable bonds is 3. The average molecular weight is 417 g/mol. The number of carbonyl (C=O) groups excluding carboxylic acids is 1. The van der Waals surface area contributed by atoms with E-state index in [1.807, 2.05) is 91.0 Å². The zero-order valence-electron chi connectivity index (χ0n) is 17.1. The first-order valence-corrected chi connectivity index (χ1v) is 10.5. The number of carbonyl (C=O) groups is 1. The van der Waals surface area contributed by atoms with Crippen molar-refractivity contribution < 1.29 is 9.90 Å². The van der Waals surface area contributed by atoms with Gasteiger partial charge < -0.3 is 5.11 Å². The van der Waals surface area contributed by atoms with Crippen molar-refractivity contribution in [1.29, 1.82) is 0 Å². The molecule has 5 heteroatoms. The Kier molecular flexibility index (Phi) is 3.91. The molecule has 2 aliphatic rings. The van der Waals surface area contributed by atoms with Crippen LogP contribution >= 0.6 is 0 Å². The lowest BCUT2D eigenvalue weighted by atomic mass is 9.80. The first kappa shape index (κ1) is 18.7. The highest BCUT2D eigenvalue weighted by Crippen LogP contribution is 2.59. The number of aliphatic hydroxyl groups is 1. The van der Waals surface area contributed by atoms with Gasteiger partial charge in [-0.1, -0.05) is 108 Å². The van der Waals surface area contributed by atoms with Gasteiger partial charge in [-0.25, -0.2) is 5.01 Å². The molecule has 1 aliphatic carbocycles. The van der Waals surface area contributed by atoms with Gasteiger partial charge in [-0.3, -0.25) is 4.79 Å². The Labute approximate surface area is 185 Å². The number of Topliss-reactive ketones (excluding diaryl/α,β-unsaturated/α-hetero) is 1. The van der Waals surface area contributed by atoms with Crippen molar-refractivity contribution in [3.05, 3.63) is 126 Å². The Morgan fingerprint density at radius 3 is 2.03 bits per heavy atom. The lowest BCUT2D eigenvalue weighted by Crippen LogP contribution is -2.53. The normalized spacial score (nSPS) is 23.3. The van der Waals surface area contributed by atoms with Crippen LogP contribution in [0, 0.1) is 0 Å². The lowest BCUT2D eigenvalue weighted by Gasteiger charge is -2.38. The van der Waals surface area contributed by atoms with Gasteiger partial charge in [0.25, 0.3) is 0 Å². The van der Waals surface area contributed by atoms with Crippen molar-refractivity contribution in [2.75, 3.05) is 5.01 Å². The van der Waals surface area contributed by atoms with Crippen LogP contribution in [0.4, 0.5) is 5.69 Å². The van der Waals surface area contributed by atoms with Crippen molar-refractivity contribution in [1.82, 2.24) is 0 Å². The molecule has 0 aromatic heterocycles. The molecule has 4 aromatic rings. The van der Waals surface area contributed by atoms with E-state index < -0.39 is 11.3 Å². The van der Waals surface area contributed by atoms with Crippen LogP contribution < -0.4 is 5.01 Å². The summed E-state index contributed by atoms with van der Waals surface area (Å²) in [6, 6.07) is 34.0. The maximum atomic E-state index is 13.8. The summed E-state index contributed by atoms with van der Waals surface area (Å²) >= 11 is 0. The third kappa shape index (κ3) is 2.23. The van der Waals surface area contributed by atoms with Gasteiger partial charge in [0.15, 0.2) is 0 Å². The van der Waals surface area contributed by atoms with E-state index in [1.54, 1.807) is 18.2 Å². The van der Waals surface area contributed by atoms with Crippen molar-refractivity contribution in [3.8, 4) is 11.1 Å². The van der Waals surface area contributed by atoms with E-state index >= 15 is 0 Å². The summed E-state index contributed by atoms with van der Waals surface area (Å²) in [6.45, 7) is 0. The molecule has 154 valence electrons. The Morgan fingerprint density at radius 1 is 0.688 bits per heavy atom. The van der Waals surface area contributed by atoms with E-state index in [9.17, 15) is 9.90 Å². The predicted molar refractivity (Wildman–Crippen MR) is 122 cm³/mol. The van der Waals surface area contributed by atoms with Gasteiger partial charge in [0.05, 0.1) is 5.69 Å². The van der Waals surface area contributed by atoms with Crippen LogP contribution in [0.2, 0.25) is 0 Å². The van der Waals surface area contributed by atoms with Crippen LogP contribution in [0.15, 0.2) is 120 Å². The molecule has 32 heavy (non-hydrogen) atoms. The molecule has 1 N–H and O–H groups in total. The molecule has 0 spiro atoms. The summed E-state index contributed by atoms with van der Waals surface area (Å²) in [4.78, 5) is 13.8. The molecule has 6 rings (SSSR count). The zero-order chi connectivity index (χ0) is 21.8. The molecule has 0 bridgehead atoms. The molecule has 0 radical (unpaired) electrons. The number of nitrogens with zero attached hydrogens (tertiary/aromatic N) is 3. The topological polar surface area (TPSA) is 65.3 Å². The molecule has 0 saturated carbocycles. The molecular formula is C27H19N3O2. The highest BCUT2D eigenvalue weighted by molar-refractivity contribution is 6.11. The SMILES string of the molecule is O=C1c2ccccc2C2(O)N(c3ccccc3-c3ccccc3)N=NC12c1ccccc1. The summed E-state index contributed by atoms with van der Waals surface area (Å²) in [5, 5.41) is 22.9. The number of hydrogen-bond acceptors (Lipinski definition) is 5. The average Bonchev–Trinajstić information content (AvgIpc) is 3.28. The number of anilines is 1. The van der Waals surface area contributed by atoms with Gasteiger partial charge in [0.2, 0.25) is 17.0 Å². The summed E-state index contributed by atoms with van der Waals surface area (Å²) in [5.41, 5.74) is 0.730. The summed E-state index contributed by atoms with van der Waals surface area (Å²) in [6.07, 6.45) is 0. The fourth-order valence-corrected chi connectivity index (χ4v) is 4.90. The maximum absolute atomic E-state index is 13.8. The van der Waals surface area contributed by atoms with Crippen LogP contribution in [0.25, 0.3) is 11.1 Å². The molecule has 0 amide bonds. The third-order valence-electron chi connectivity index (χ3n) is 6.38. The van der Waals surface area contributed by atoms with Crippen LogP contribution in [0.1, 0.15) is 21.5 Å². The molecule has 1 aliphatic heterocycles. The van der Waals surface area contributed by atoms with E-state index in [-0.39, 0.29) is 5.78 Å². The van der Waals surface area contributed by atoms with Gasteiger partial charge in [-0.2, -0.15) is 0 Å². The molecular weight excluding hydrogens is 398 g/mol. The highest BCUT2D eigenvalue weighted by Gasteiger charge is 2.71. The monoisotopic (exact) mass is 417 g/mol. The largest absolute Gasteiger partial charge is 0.363 e. The Bertz CT molecular complexity index is 1370. The maximum Gasteiger partial charge on any atom is 0.226 e. The van der Waals surface area contributed by atoms with Crippen molar-refractivity contribution in [3.63, 3.8) is 0 Å². The molecule has 2 atom stereocenters. The Hall–Kier alpha value is -4.09. The summed E-state index contributed by atoms with van der Waals surface area (Å²) in [5.74, 6) is -0.259. The number of benzene rings is 4. The fraction of sp³-hybridized carbons (Fsp3) is 0.0741. The van der Waals surface area contributed by atoms with E-state index in [2.05, 4.69) is 10.3 Å². The summed E-state index contributed by atoms with van der Waals surface area (Å²) in [7, 11) is 0. The van der Waals surface area contributed by atoms with Crippen LogP contribution in [0.3, 0.4) is 0 Å². The molecule has 4 aromatic carbocycles. The third-order valence-corrected chi connectivity index (χ3v) is 6.38. The number of fused-ring (bicyclic) bond motifs is 3. The highest BCUT2D eigenvalue weighted by atomic mass is 16.3. The summed E-state index contributed by atoms with van der Waals surface area (Å²) < 4.78 is 0. The minimum atomic E-state index is -1.80. The second-order valence-electron chi connectivity index (χ2n) is 8.01. The van der Waals surface area contributed by atoms with Gasteiger partial charge >= 0.3 is 0 Å². The standard InChI is InChI=1S/C27H19N3O2/c31-25-22-16-7-9-17-23(22)27(32)26(25,20-13-5-2-6-14-20)28-29-30(27)24-18-10-8-15-21(24)19-11-3-1-4-12-19/h1-18,32H. The minimum absolute atomic E-state index is 0.259. The van der Waals surface area contributed by atoms with Crippen molar-refractivity contribution in [2.24, 2.45) is 10.3 Å². The predicted octanol–water partition coefficient (Wildman–Crippen LogP) is 5.48. The van der Waals surface area contributed by atoms with Gasteiger partial charge in [-0.15, -0.1) is 5.11 Å². The van der Waals surface area contributed by atoms with Gasteiger partial charge in [-0.05, 0) is 17.2 Å². The first-order chi connectivity index (χ1) is 15.7. The van der Waals surface area contributed by atoms with E-state index in [0.29, 0.717) is 22.4 Å². The van der Waals surface area contributed by atoms with E-state index in [4.69, 9.17) is 0 Å². The molecule has 0 saturated heterocycles. The first-order valence-electron chi connectivity index (χ1n) is 10.5. The second-order valence-corrected chi connectivity index (χ2v) is 8.01. The van der Waals surface area contributed by atoms with Crippen LogP contribution in [0.5, 0.6) is 0 Å². The smallest absolute Gasteiger partial charge is 0.226 e.